The molecule has 1 aliphatic heterocycles. The first-order chi connectivity index (χ1) is 7.99. The first-order valence-corrected chi connectivity index (χ1v) is 4.97. The zero-order valence-electron chi connectivity index (χ0n) is 9.17. The highest BCUT2D eigenvalue weighted by Crippen LogP contribution is 2.35. The Balaban J connectivity index is 2.03. The Bertz CT molecular complexity index is 440. The number of ether oxygens (including phenoxy) is 3. The van der Waals surface area contributed by atoms with Gasteiger partial charge in [-0.3, -0.25) is 0 Å². The zero-order valence-corrected chi connectivity index (χ0v) is 9.17. The minimum absolute atomic E-state index is 0.158. The lowest BCUT2D eigenvalue weighted by molar-refractivity contribution is -0.159. The summed E-state index contributed by atoms with van der Waals surface area (Å²) in [6.45, 7) is 0.982. The summed E-state index contributed by atoms with van der Waals surface area (Å²) in [4.78, 5) is 10.7. The monoisotopic (exact) mass is 240 g/mol. The van der Waals surface area contributed by atoms with Crippen LogP contribution in [0, 0.1) is 0 Å². The van der Waals surface area contributed by atoms with E-state index >= 15 is 0 Å². The third-order valence-electron chi connectivity index (χ3n) is 2.32. The van der Waals surface area contributed by atoms with Crippen LogP contribution in [-0.2, 0) is 4.79 Å². The first-order valence-electron chi connectivity index (χ1n) is 4.97. The number of aliphatic hydroxyl groups is 1. The maximum absolute atomic E-state index is 10.7. The maximum atomic E-state index is 10.7. The predicted molar refractivity (Wildman–Crippen MR) is 56.3 cm³/mol. The fourth-order valence-corrected chi connectivity index (χ4v) is 1.25. The van der Waals surface area contributed by atoms with E-state index in [0.717, 1.165) is 0 Å². The Morgan fingerprint density at radius 2 is 2.18 bits per heavy atom. The quantitative estimate of drug-likeness (QED) is 0.802. The lowest BCUT2D eigenvalue weighted by Gasteiger charge is -2.18. The van der Waals surface area contributed by atoms with Crippen molar-refractivity contribution in [3.63, 3.8) is 0 Å². The highest BCUT2D eigenvalue weighted by molar-refractivity contribution is 5.76. The average Bonchev–Trinajstić information content (AvgIpc) is 2.73. The van der Waals surface area contributed by atoms with Crippen molar-refractivity contribution >= 4 is 5.97 Å². The number of aliphatic carboxylic acids is 1. The van der Waals surface area contributed by atoms with Crippen molar-refractivity contribution in [2.24, 2.45) is 0 Å². The van der Waals surface area contributed by atoms with Crippen LogP contribution in [0.2, 0.25) is 0 Å². The Hall–Kier alpha value is -1.95. The summed E-state index contributed by atoms with van der Waals surface area (Å²) in [7, 11) is 0. The molecule has 1 atom stereocenters. The van der Waals surface area contributed by atoms with Gasteiger partial charge in [0.15, 0.2) is 17.1 Å². The number of hydrogen-bond acceptors (Lipinski definition) is 5. The molecule has 0 saturated carbocycles. The van der Waals surface area contributed by atoms with Gasteiger partial charge in [0.25, 0.3) is 0 Å². The van der Waals surface area contributed by atoms with Crippen molar-refractivity contribution in [3.05, 3.63) is 18.2 Å². The van der Waals surface area contributed by atoms with Gasteiger partial charge in [0, 0.05) is 6.07 Å². The third kappa shape index (κ3) is 2.42. The van der Waals surface area contributed by atoms with Crippen molar-refractivity contribution in [1.82, 2.24) is 0 Å². The number of benzene rings is 1. The second kappa shape index (κ2) is 4.14. The van der Waals surface area contributed by atoms with E-state index in [1.807, 2.05) is 0 Å². The molecule has 0 spiro atoms. The van der Waals surface area contributed by atoms with Crippen molar-refractivity contribution in [3.8, 4) is 17.2 Å². The molecule has 2 N–H and O–H groups in total. The predicted octanol–water partition coefficient (Wildman–Crippen LogP) is 0.630. The molecule has 0 aliphatic carbocycles. The molecular formula is C11H12O6. The number of carboxylic acid groups (broad SMARTS) is 1. The molecule has 1 aliphatic rings. The number of carbonyl (C=O) groups is 1. The van der Waals surface area contributed by atoms with Crippen LogP contribution in [0.5, 0.6) is 17.2 Å². The SMILES string of the molecule is CC(O)(COc1ccc2c(c1)OCO2)C(=O)O. The maximum Gasteiger partial charge on any atom is 0.339 e. The molecule has 1 aromatic rings. The van der Waals surface area contributed by atoms with E-state index in [4.69, 9.17) is 19.3 Å². The minimum Gasteiger partial charge on any atom is -0.490 e. The number of fused-ring (bicyclic) bond motifs is 1. The highest BCUT2D eigenvalue weighted by Gasteiger charge is 2.31. The minimum atomic E-state index is -1.92. The molecule has 1 aromatic carbocycles. The van der Waals surface area contributed by atoms with Crippen molar-refractivity contribution in [2.75, 3.05) is 13.4 Å². The van der Waals surface area contributed by atoms with E-state index in [2.05, 4.69) is 0 Å². The van der Waals surface area contributed by atoms with Crippen LogP contribution >= 0.6 is 0 Å². The summed E-state index contributed by atoms with van der Waals surface area (Å²) in [6.07, 6.45) is 0. The van der Waals surface area contributed by atoms with Gasteiger partial charge in [-0.25, -0.2) is 4.79 Å². The molecule has 1 unspecified atom stereocenters. The van der Waals surface area contributed by atoms with Gasteiger partial charge in [0.2, 0.25) is 6.79 Å². The average molecular weight is 240 g/mol. The van der Waals surface area contributed by atoms with Gasteiger partial charge in [-0.1, -0.05) is 0 Å². The summed E-state index contributed by atoms with van der Waals surface area (Å²) in [5.41, 5.74) is -1.92. The van der Waals surface area contributed by atoms with E-state index in [1.165, 1.54) is 6.92 Å². The molecule has 6 nitrogen and oxygen atoms in total. The Morgan fingerprint density at radius 3 is 2.88 bits per heavy atom. The number of rotatable bonds is 4. The van der Waals surface area contributed by atoms with Crippen molar-refractivity contribution in [1.29, 1.82) is 0 Å². The van der Waals surface area contributed by atoms with Crippen LogP contribution < -0.4 is 14.2 Å². The Morgan fingerprint density at radius 1 is 1.47 bits per heavy atom. The molecule has 0 saturated heterocycles. The number of carboxylic acids is 1. The molecule has 0 fully saturated rings. The van der Waals surface area contributed by atoms with E-state index in [-0.39, 0.29) is 13.4 Å². The van der Waals surface area contributed by atoms with E-state index in [9.17, 15) is 9.90 Å². The summed E-state index contributed by atoms with van der Waals surface area (Å²) in [5, 5.41) is 18.2. The zero-order chi connectivity index (χ0) is 12.5. The molecule has 0 amide bonds. The molecule has 6 heteroatoms. The standard InChI is InChI=1S/C11H12O6/c1-11(14,10(12)13)5-15-7-2-3-8-9(4-7)17-6-16-8/h2-4,14H,5-6H2,1H3,(H,12,13). The topological polar surface area (TPSA) is 85.2 Å². The summed E-state index contributed by atoms with van der Waals surface area (Å²) in [5.74, 6) is 0.230. The first kappa shape index (κ1) is 11.5. The lowest BCUT2D eigenvalue weighted by Crippen LogP contribution is -2.41. The normalized spacial score (nSPS) is 16.4. The third-order valence-corrected chi connectivity index (χ3v) is 2.32. The molecule has 17 heavy (non-hydrogen) atoms. The van der Waals surface area contributed by atoms with Gasteiger partial charge in [-0.15, -0.1) is 0 Å². The van der Waals surface area contributed by atoms with Gasteiger partial charge < -0.3 is 24.4 Å². The largest absolute Gasteiger partial charge is 0.490 e. The Labute approximate surface area is 97.3 Å². The van der Waals surface area contributed by atoms with Gasteiger partial charge in [0.05, 0.1) is 0 Å². The van der Waals surface area contributed by atoms with E-state index in [1.54, 1.807) is 18.2 Å². The van der Waals surface area contributed by atoms with E-state index < -0.39 is 11.6 Å². The van der Waals surface area contributed by atoms with Crippen molar-refractivity contribution in [2.45, 2.75) is 12.5 Å². The van der Waals surface area contributed by atoms with Crippen LogP contribution in [0.15, 0.2) is 18.2 Å². The molecule has 0 bridgehead atoms. The van der Waals surface area contributed by atoms with Crippen LogP contribution in [-0.4, -0.2) is 35.2 Å². The lowest BCUT2D eigenvalue weighted by atomic mass is 10.1. The van der Waals surface area contributed by atoms with Crippen LogP contribution in [0.25, 0.3) is 0 Å². The van der Waals surface area contributed by atoms with Crippen molar-refractivity contribution < 1.29 is 29.2 Å². The number of hydrogen-bond donors (Lipinski definition) is 2. The van der Waals surface area contributed by atoms with Crippen LogP contribution in [0.3, 0.4) is 0 Å². The molecule has 2 rings (SSSR count). The second-order valence-corrected chi connectivity index (χ2v) is 3.88. The van der Waals surface area contributed by atoms with Crippen LogP contribution in [0.4, 0.5) is 0 Å². The summed E-state index contributed by atoms with van der Waals surface area (Å²) >= 11 is 0. The molecule has 92 valence electrons. The fourth-order valence-electron chi connectivity index (χ4n) is 1.25. The van der Waals surface area contributed by atoms with Crippen LogP contribution in [0.1, 0.15) is 6.92 Å². The summed E-state index contributed by atoms with van der Waals surface area (Å²) in [6, 6.07) is 4.86. The smallest absolute Gasteiger partial charge is 0.339 e. The Kier molecular flexibility index (Phi) is 2.81. The molecule has 1 heterocycles. The van der Waals surface area contributed by atoms with Gasteiger partial charge in [-0.05, 0) is 19.1 Å². The van der Waals surface area contributed by atoms with Gasteiger partial charge in [-0.2, -0.15) is 0 Å². The van der Waals surface area contributed by atoms with E-state index in [0.29, 0.717) is 17.2 Å². The molecule has 0 radical (unpaired) electrons. The highest BCUT2D eigenvalue weighted by atomic mass is 16.7. The fraction of sp³-hybridized carbons (Fsp3) is 0.364. The molecular weight excluding hydrogens is 228 g/mol. The van der Waals surface area contributed by atoms with Gasteiger partial charge >= 0.3 is 5.97 Å². The molecule has 0 aromatic heterocycles. The van der Waals surface area contributed by atoms with Gasteiger partial charge in [0.1, 0.15) is 12.4 Å². The summed E-state index contributed by atoms with van der Waals surface area (Å²) < 4.78 is 15.4. The second-order valence-electron chi connectivity index (χ2n) is 3.88.